The van der Waals surface area contributed by atoms with Crippen LogP contribution in [0, 0.1) is 0 Å². The molecule has 1 aromatic heterocycles. The first-order valence-electron chi connectivity index (χ1n) is 7.18. The lowest BCUT2D eigenvalue weighted by atomic mass is 9.81. The van der Waals surface area contributed by atoms with Crippen LogP contribution in [0.4, 0.5) is 0 Å². The van der Waals surface area contributed by atoms with Gasteiger partial charge >= 0.3 is 0 Å². The summed E-state index contributed by atoms with van der Waals surface area (Å²) in [5.74, 6) is 0.233. The molecule has 1 N–H and O–H groups in total. The molecule has 1 spiro atoms. The number of pyridine rings is 1. The standard InChI is InChI=1S/C15H21N3O/c19-14-3-1-6-15(17-14)7-2-10-18(12-15)11-13-4-8-16-9-5-13/h4-5,8-9H,1-3,6-7,10-12H2,(H,17,19). The molecule has 0 bridgehead atoms. The fourth-order valence-corrected chi connectivity index (χ4v) is 3.42. The number of amides is 1. The van der Waals surface area contributed by atoms with Crippen molar-refractivity contribution < 1.29 is 4.79 Å². The molecule has 2 fully saturated rings. The Kier molecular flexibility index (Phi) is 3.51. The van der Waals surface area contributed by atoms with E-state index in [1.54, 1.807) is 0 Å². The van der Waals surface area contributed by atoms with E-state index < -0.39 is 0 Å². The summed E-state index contributed by atoms with van der Waals surface area (Å²) in [5.41, 5.74) is 1.34. The van der Waals surface area contributed by atoms with Crippen LogP contribution < -0.4 is 5.32 Å². The molecule has 3 heterocycles. The van der Waals surface area contributed by atoms with Crippen molar-refractivity contribution in [3.8, 4) is 0 Å². The number of aromatic nitrogens is 1. The highest BCUT2D eigenvalue weighted by Gasteiger charge is 2.38. The lowest BCUT2D eigenvalue weighted by molar-refractivity contribution is -0.126. The van der Waals surface area contributed by atoms with Crippen LogP contribution in [0.2, 0.25) is 0 Å². The molecule has 2 aliphatic rings. The Morgan fingerprint density at radius 2 is 2.05 bits per heavy atom. The van der Waals surface area contributed by atoms with Crippen LogP contribution in [0.15, 0.2) is 24.5 Å². The third-order valence-corrected chi connectivity index (χ3v) is 4.28. The second-order valence-electron chi connectivity index (χ2n) is 5.85. The molecule has 0 aromatic carbocycles. The lowest BCUT2D eigenvalue weighted by Gasteiger charge is -2.45. The summed E-state index contributed by atoms with van der Waals surface area (Å²) in [6, 6.07) is 4.14. The van der Waals surface area contributed by atoms with Crippen molar-refractivity contribution in [1.29, 1.82) is 0 Å². The van der Waals surface area contributed by atoms with Crippen LogP contribution in [-0.2, 0) is 11.3 Å². The van der Waals surface area contributed by atoms with Gasteiger partial charge in [-0.3, -0.25) is 14.7 Å². The van der Waals surface area contributed by atoms with Gasteiger partial charge in [0.25, 0.3) is 0 Å². The number of carbonyl (C=O) groups is 1. The van der Waals surface area contributed by atoms with Crippen molar-refractivity contribution in [1.82, 2.24) is 15.2 Å². The highest BCUT2D eigenvalue weighted by molar-refractivity contribution is 5.77. The molecule has 0 aliphatic carbocycles. The van der Waals surface area contributed by atoms with Crippen LogP contribution >= 0.6 is 0 Å². The second kappa shape index (κ2) is 5.29. The summed E-state index contributed by atoms with van der Waals surface area (Å²) in [6.45, 7) is 3.07. The zero-order valence-corrected chi connectivity index (χ0v) is 11.3. The Balaban J connectivity index is 1.66. The SMILES string of the molecule is O=C1CCCC2(CCCN(Cc3ccncc3)C2)N1. The number of nitrogens with one attached hydrogen (secondary N) is 1. The van der Waals surface area contributed by atoms with Gasteiger partial charge in [0.2, 0.25) is 5.91 Å². The van der Waals surface area contributed by atoms with E-state index in [4.69, 9.17) is 0 Å². The zero-order valence-electron chi connectivity index (χ0n) is 11.3. The van der Waals surface area contributed by atoms with E-state index >= 15 is 0 Å². The van der Waals surface area contributed by atoms with E-state index in [2.05, 4.69) is 27.3 Å². The maximum atomic E-state index is 11.7. The largest absolute Gasteiger partial charge is 0.349 e. The Hall–Kier alpha value is -1.42. The third-order valence-electron chi connectivity index (χ3n) is 4.28. The number of hydrogen-bond acceptors (Lipinski definition) is 3. The predicted octanol–water partition coefficient (Wildman–Crippen LogP) is 1.72. The summed E-state index contributed by atoms with van der Waals surface area (Å²) < 4.78 is 0. The average Bonchev–Trinajstić information content (AvgIpc) is 2.39. The molecule has 4 nitrogen and oxygen atoms in total. The first kappa shape index (κ1) is 12.6. The van der Waals surface area contributed by atoms with Gasteiger partial charge in [0.15, 0.2) is 0 Å². The highest BCUT2D eigenvalue weighted by atomic mass is 16.1. The molecular formula is C15H21N3O. The smallest absolute Gasteiger partial charge is 0.220 e. The topological polar surface area (TPSA) is 45.2 Å². The van der Waals surface area contributed by atoms with Crippen LogP contribution in [0.5, 0.6) is 0 Å². The maximum Gasteiger partial charge on any atom is 0.220 e. The minimum Gasteiger partial charge on any atom is -0.349 e. The number of piperidine rings is 2. The number of nitrogens with zero attached hydrogens (tertiary/aromatic N) is 2. The molecule has 0 radical (unpaired) electrons. The van der Waals surface area contributed by atoms with Gasteiger partial charge in [0, 0.05) is 31.9 Å². The number of rotatable bonds is 2. The number of likely N-dealkylation sites (tertiary alicyclic amines) is 1. The minimum absolute atomic E-state index is 0.0423. The van der Waals surface area contributed by atoms with Crippen LogP contribution in [-0.4, -0.2) is 34.4 Å². The molecular weight excluding hydrogens is 238 g/mol. The maximum absolute atomic E-state index is 11.7. The predicted molar refractivity (Wildman–Crippen MR) is 73.5 cm³/mol. The van der Waals surface area contributed by atoms with Crippen LogP contribution in [0.25, 0.3) is 0 Å². The highest BCUT2D eigenvalue weighted by Crippen LogP contribution is 2.30. The van der Waals surface area contributed by atoms with E-state index in [-0.39, 0.29) is 11.4 Å². The molecule has 1 atom stereocenters. The Morgan fingerprint density at radius 1 is 1.26 bits per heavy atom. The van der Waals surface area contributed by atoms with Crippen molar-refractivity contribution in [2.75, 3.05) is 13.1 Å². The van der Waals surface area contributed by atoms with Crippen LogP contribution in [0.3, 0.4) is 0 Å². The minimum atomic E-state index is 0.0423. The molecule has 4 heteroatoms. The summed E-state index contributed by atoms with van der Waals surface area (Å²) in [7, 11) is 0. The van der Waals surface area contributed by atoms with Gasteiger partial charge in [0.1, 0.15) is 0 Å². The van der Waals surface area contributed by atoms with Crippen molar-refractivity contribution in [2.45, 2.75) is 44.2 Å². The van der Waals surface area contributed by atoms with E-state index in [0.717, 1.165) is 38.9 Å². The van der Waals surface area contributed by atoms with Gasteiger partial charge in [-0.05, 0) is 49.9 Å². The Morgan fingerprint density at radius 3 is 2.84 bits per heavy atom. The van der Waals surface area contributed by atoms with Gasteiger partial charge in [-0.15, -0.1) is 0 Å². The van der Waals surface area contributed by atoms with Gasteiger partial charge < -0.3 is 5.32 Å². The summed E-state index contributed by atoms with van der Waals surface area (Å²) in [4.78, 5) is 18.2. The zero-order chi connectivity index (χ0) is 13.1. The first-order valence-corrected chi connectivity index (χ1v) is 7.18. The Bertz CT molecular complexity index is 444. The van der Waals surface area contributed by atoms with Gasteiger partial charge in [0.05, 0.1) is 5.54 Å². The third kappa shape index (κ3) is 2.95. The van der Waals surface area contributed by atoms with E-state index in [9.17, 15) is 4.79 Å². The first-order chi connectivity index (χ1) is 9.26. The quantitative estimate of drug-likeness (QED) is 0.879. The Labute approximate surface area is 114 Å². The van der Waals surface area contributed by atoms with Gasteiger partial charge in [-0.25, -0.2) is 0 Å². The molecule has 3 rings (SSSR count). The molecule has 1 amide bonds. The van der Waals surface area contributed by atoms with Crippen molar-refractivity contribution >= 4 is 5.91 Å². The van der Waals surface area contributed by atoms with Gasteiger partial charge in [-0.1, -0.05) is 0 Å². The summed E-state index contributed by atoms with van der Waals surface area (Å²) in [6.07, 6.45) is 8.86. The molecule has 0 saturated carbocycles. The molecule has 1 aromatic rings. The fourth-order valence-electron chi connectivity index (χ4n) is 3.42. The normalized spacial score (nSPS) is 28.3. The van der Waals surface area contributed by atoms with E-state index in [1.807, 2.05) is 12.4 Å². The average molecular weight is 259 g/mol. The number of carbonyl (C=O) groups excluding carboxylic acids is 1. The molecule has 2 saturated heterocycles. The molecule has 19 heavy (non-hydrogen) atoms. The van der Waals surface area contributed by atoms with Crippen molar-refractivity contribution in [3.63, 3.8) is 0 Å². The molecule has 102 valence electrons. The molecule has 1 unspecified atom stereocenters. The van der Waals surface area contributed by atoms with E-state index in [1.165, 1.54) is 12.0 Å². The van der Waals surface area contributed by atoms with Gasteiger partial charge in [-0.2, -0.15) is 0 Å². The van der Waals surface area contributed by atoms with Crippen molar-refractivity contribution in [3.05, 3.63) is 30.1 Å². The van der Waals surface area contributed by atoms with Crippen molar-refractivity contribution in [2.24, 2.45) is 0 Å². The van der Waals surface area contributed by atoms with Crippen LogP contribution in [0.1, 0.15) is 37.7 Å². The fraction of sp³-hybridized carbons (Fsp3) is 0.600. The lowest BCUT2D eigenvalue weighted by Crippen LogP contribution is -2.60. The van der Waals surface area contributed by atoms with E-state index in [0.29, 0.717) is 6.42 Å². The second-order valence-corrected chi connectivity index (χ2v) is 5.85. The summed E-state index contributed by atoms with van der Waals surface area (Å²) in [5, 5.41) is 3.25. The number of hydrogen-bond donors (Lipinski definition) is 1. The monoisotopic (exact) mass is 259 g/mol. The molecule has 2 aliphatic heterocycles. The summed E-state index contributed by atoms with van der Waals surface area (Å²) >= 11 is 0.